The molecule has 1 unspecified atom stereocenters. The van der Waals surface area contributed by atoms with Gasteiger partial charge in [-0.2, -0.15) is 0 Å². The van der Waals surface area contributed by atoms with Crippen LogP contribution >= 0.6 is 0 Å². The molecular formula is C14H20O4. The fraction of sp³-hybridized carbons (Fsp3) is 0.500. The summed E-state index contributed by atoms with van der Waals surface area (Å²) >= 11 is 0. The Morgan fingerprint density at radius 2 is 2.11 bits per heavy atom. The summed E-state index contributed by atoms with van der Waals surface area (Å²) in [6.45, 7) is 2.99. The molecule has 0 aliphatic rings. The predicted octanol–water partition coefficient (Wildman–Crippen LogP) is 2.37. The van der Waals surface area contributed by atoms with Gasteiger partial charge in [-0.1, -0.05) is 18.2 Å². The molecule has 1 rings (SSSR count). The van der Waals surface area contributed by atoms with Crippen LogP contribution in [0.15, 0.2) is 24.3 Å². The highest BCUT2D eigenvalue weighted by atomic mass is 16.5. The predicted molar refractivity (Wildman–Crippen MR) is 68.9 cm³/mol. The van der Waals surface area contributed by atoms with Crippen LogP contribution in [0.4, 0.5) is 0 Å². The highest BCUT2D eigenvalue weighted by molar-refractivity contribution is 5.70. The van der Waals surface area contributed by atoms with Crippen molar-refractivity contribution in [2.24, 2.45) is 5.92 Å². The Kier molecular flexibility index (Phi) is 6.22. The number of carbonyl (C=O) groups is 1. The summed E-state index contributed by atoms with van der Waals surface area (Å²) in [7, 11) is 1.59. The molecule has 0 heterocycles. The number of methoxy groups -OCH3 is 1. The number of carboxylic acid groups (broad SMARTS) is 1. The van der Waals surface area contributed by atoms with Gasteiger partial charge in [-0.25, -0.2) is 0 Å². The van der Waals surface area contributed by atoms with Crippen LogP contribution in [-0.2, 0) is 16.0 Å². The lowest BCUT2D eigenvalue weighted by Crippen LogP contribution is -2.19. The van der Waals surface area contributed by atoms with Crippen molar-refractivity contribution in [2.75, 3.05) is 20.3 Å². The third-order valence-electron chi connectivity index (χ3n) is 2.82. The van der Waals surface area contributed by atoms with Crippen LogP contribution in [0.1, 0.15) is 18.9 Å². The fourth-order valence-corrected chi connectivity index (χ4v) is 1.82. The molecule has 100 valence electrons. The van der Waals surface area contributed by atoms with Crippen molar-refractivity contribution >= 4 is 5.97 Å². The number of rotatable bonds is 8. The zero-order valence-electron chi connectivity index (χ0n) is 10.9. The third-order valence-corrected chi connectivity index (χ3v) is 2.82. The van der Waals surface area contributed by atoms with Crippen molar-refractivity contribution in [1.82, 2.24) is 0 Å². The second kappa shape index (κ2) is 7.71. The summed E-state index contributed by atoms with van der Waals surface area (Å²) < 4.78 is 10.4. The van der Waals surface area contributed by atoms with Crippen LogP contribution in [0.2, 0.25) is 0 Å². The van der Waals surface area contributed by atoms with Crippen molar-refractivity contribution < 1.29 is 19.4 Å². The standard InChI is InChI=1S/C14H20O4/c1-3-18-9-8-12(14(15)16)10-11-6-4-5-7-13(11)17-2/h4-7,12H,3,8-10H2,1-2H3,(H,15,16). The molecule has 0 saturated carbocycles. The largest absolute Gasteiger partial charge is 0.496 e. The molecule has 1 N–H and O–H groups in total. The summed E-state index contributed by atoms with van der Waals surface area (Å²) in [5.74, 6) is -0.492. The number of carboxylic acids is 1. The number of ether oxygens (including phenoxy) is 2. The van der Waals surface area contributed by atoms with Crippen LogP contribution in [0, 0.1) is 5.92 Å². The van der Waals surface area contributed by atoms with E-state index in [9.17, 15) is 9.90 Å². The lowest BCUT2D eigenvalue weighted by atomic mass is 9.96. The first-order valence-corrected chi connectivity index (χ1v) is 6.11. The second-order valence-electron chi connectivity index (χ2n) is 4.04. The lowest BCUT2D eigenvalue weighted by molar-refractivity contribution is -0.142. The minimum Gasteiger partial charge on any atom is -0.496 e. The molecule has 0 fully saturated rings. The monoisotopic (exact) mass is 252 g/mol. The Morgan fingerprint density at radius 1 is 1.39 bits per heavy atom. The molecule has 0 saturated heterocycles. The normalized spacial score (nSPS) is 12.1. The van der Waals surface area contributed by atoms with E-state index in [-0.39, 0.29) is 0 Å². The van der Waals surface area contributed by atoms with Gasteiger partial charge in [-0.3, -0.25) is 4.79 Å². The average Bonchev–Trinajstić information content (AvgIpc) is 2.38. The smallest absolute Gasteiger partial charge is 0.306 e. The van der Waals surface area contributed by atoms with Crippen molar-refractivity contribution in [3.63, 3.8) is 0 Å². The lowest BCUT2D eigenvalue weighted by Gasteiger charge is -2.14. The molecule has 1 aromatic carbocycles. The molecule has 0 aromatic heterocycles. The van der Waals surface area contributed by atoms with E-state index in [1.807, 2.05) is 31.2 Å². The van der Waals surface area contributed by atoms with E-state index in [4.69, 9.17) is 9.47 Å². The Hall–Kier alpha value is -1.55. The fourth-order valence-electron chi connectivity index (χ4n) is 1.82. The maximum absolute atomic E-state index is 11.2. The average molecular weight is 252 g/mol. The Morgan fingerprint density at radius 3 is 2.72 bits per heavy atom. The van der Waals surface area contributed by atoms with E-state index >= 15 is 0 Å². The molecular weight excluding hydrogens is 232 g/mol. The van der Waals surface area contributed by atoms with Gasteiger partial charge in [0, 0.05) is 13.2 Å². The summed E-state index contributed by atoms with van der Waals surface area (Å²) in [6.07, 6.45) is 0.980. The van der Waals surface area contributed by atoms with E-state index in [1.54, 1.807) is 7.11 Å². The van der Waals surface area contributed by atoms with Gasteiger partial charge in [0.1, 0.15) is 5.75 Å². The second-order valence-corrected chi connectivity index (χ2v) is 4.04. The minimum atomic E-state index is -0.791. The van der Waals surface area contributed by atoms with Gasteiger partial charge in [-0.05, 0) is 31.4 Å². The maximum atomic E-state index is 11.2. The minimum absolute atomic E-state index is 0.437. The van der Waals surface area contributed by atoms with E-state index in [2.05, 4.69) is 0 Å². The Bertz CT molecular complexity index is 376. The molecule has 1 aromatic rings. The van der Waals surface area contributed by atoms with Crippen molar-refractivity contribution in [3.05, 3.63) is 29.8 Å². The van der Waals surface area contributed by atoms with E-state index in [0.717, 1.165) is 11.3 Å². The van der Waals surface area contributed by atoms with E-state index in [1.165, 1.54) is 0 Å². The molecule has 18 heavy (non-hydrogen) atoms. The molecule has 4 heteroatoms. The molecule has 0 aliphatic heterocycles. The maximum Gasteiger partial charge on any atom is 0.306 e. The Balaban J connectivity index is 2.67. The van der Waals surface area contributed by atoms with Gasteiger partial charge in [-0.15, -0.1) is 0 Å². The summed E-state index contributed by atoms with van der Waals surface area (Å²) in [4.78, 5) is 11.2. The van der Waals surface area contributed by atoms with Crippen LogP contribution in [0.5, 0.6) is 5.75 Å². The van der Waals surface area contributed by atoms with Crippen molar-refractivity contribution in [3.8, 4) is 5.75 Å². The van der Waals surface area contributed by atoms with Crippen molar-refractivity contribution in [2.45, 2.75) is 19.8 Å². The van der Waals surface area contributed by atoms with E-state index < -0.39 is 11.9 Å². The molecule has 0 amide bonds. The third kappa shape index (κ3) is 4.37. The molecule has 0 bridgehead atoms. The first-order chi connectivity index (χ1) is 8.69. The molecule has 0 aliphatic carbocycles. The van der Waals surface area contributed by atoms with Crippen LogP contribution in [0.25, 0.3) is 0 Å². The van der Waals surface area contributed by atoms with Gasteiger partial charge >= 0.3 is 5.97 Å². The number of benzene rings is 1. The van der Waals surface area contributed by atoms with E-state index in [0.29, 0.717) is 26.1 Å². The van der Waals surface area contributed by atoms with Gasteiger partial charge in [0.25, 0.3) is 0 Å². The number of hydrogen-bond acceptors (Lipinski definition) is 3. The number of hydrogen-bond donors (Lipinski definition) is 1. The Labute approximate surface area is 108 Å². The highest BCUT2D eigenvalue weighted by Crippen LogP contribution is 2.22. The zero-order valence-corrected chi connectivity index (χ0v) is 10.9. The molecule has 0 radical (unpaired) electrons. The van der Waals surface area contributed by atoms with Gasteiger partial charge < -0.3 is 14.6 Å². The van der Waals surface area contributed by atoms with Gasteiger partial charge in [0.15, 0.2) is 0 Å². The molecule has 4 nitrogen and oxygen atoms in total. The topological polar surface area (TPSA) is 55.8 Å². The van der Waals surface area contributed by atoms with Gasteiger partial charge in [0.05, 0.1) is 13.0 Å². The van der Waals surface area contributed by atoms with Gasteiger partial charge in [0.2, 0.25) is 0 Å². The summed E-state index contributed by atoms with van der Waals surface area (Å²) in [5.41, 5.74) is 0.920. The first kappa shape index (κ1) is 14.5. The number of para-hydroxylation sites is 1. The first-order valence-electron chi connectivity index (χ1n) is 6.11. The zero-order chi connectivity index (χ0) is 13.4. The van der Waals surface area contributed by atoms with Crippen LogP contribution in [0.3, 0.4) is 0 Å². The number of aliphatic carboxylic acids is 1. The van der Waals surface area contributed by atoms with Crippen LogP contribution < -0.4 is 4.74 Å². The SMILES string of the molecule is CCOCCC(Cc1ccccc1OC)C(=O)O. The summed E-state index contributed by atoms with van der Waals surface area (Å²) in [5, 5.41) is 9.20. The van der Waals surface area contributed by atoms with Crippen molar-refractivity contribution in [1.29, 1.82) is 0 Å². The quantitative estimate of drug-likeness (QED) is 0.722. The highest BCUT2D eigenvalue weighted by Gasteiger charge is 2.19. The molecule has 1 atom stereocenters. The molecule has 0 spiro atoms. The van der Waals surface area contributed by atoms with Crippen LogP contribution in [-0.4, -0.2) is 31.4 Å². The summed E-state index contributed by atoms with van der Waals surface area (Å²) in [6, 6.07) is 7.50.